The van der Waals surface area contributed by atoms with Gasteiger partial charge in [-0.15, -0.1) is 5.54 Å². The first-order valence-electron chi connectivity index (χ1n) is 7.02. The van der Waals surface area contributed by atoms with Crippen molar-refractivity contribution < 1.29 is 17.0 Å². The van der Waals surface area contributed by atoms with Crippen molar-refractivity contribution in [2.45, 2.75) is 45.4 Å². The third-order valence-corrected chi connectivity index (χ3v) is 5.55. The van der Waals surface area contributed by atoms with E-state index in [4.69, 9.17) is 23.6 Å². The average Bonchev–Trinajstić information content (AvgIpc) is 2.70. The van der Waals surface area contributed by atoms with Gasteiger partial charge in [-0.2, -0.15) is 0 Å². The maximum absolute atomic E-state index is 5.06. The number of hydrogen-bond donors (Lipinski definition) is 0. The molecule has 0 spiro atoms. The van der Waals surface area contributed by atoms with Crippen LogP contribution in [0, 0.1) is 30.6 Å². The third-order valence-electron chi connectivity index (χ3n) is 3.03. The standard InChI is InChI=1S/C16H23NSi.2ClH.Ti/c1-16(2,3)17-18(4,5)12-14-11-10-13-8-6-7-9-15(13)14;;;/h6-11H,12H2,1-5H3;2*1H;/q-1;;;+2/p-2. The summed E-state index contributed by atoms with van der Waals surface area (Å²) < 4.78 is 0. The van der Waals surface area contributed by atoms with E-state index in [1.54, 1.807) is 0 Å². The Balaban J connectivity index is 0.000000677. The van der Waals surface area contributed by atoms with E-state index in [1.165, 1.54) is 17.8 Å². The van der Waals surface area contributed by atoms with Crippen LogP contribution in [0.15, 0.2) is 24.3 Å². The van der Waals surface area contributed by atoms with Gasteiger partial charge in [0.15, 0.2) is 0 Å². The maximum atomic E-state index is 5.06. The Bertz CT molecular complexity index is 377. The van der Waals surface area contributed by atoms with Crippen LogP contribution in [0.3, 0.4) is 0 Å². The molecule has 2 aliphatic carbocycles. The van der Waals surface area contributed by atoms with Crippen molar-refractivity contribution >= 4 is 26.8 Å². The van der Waals surface area contributed by atoms with Gasteiger partial charge in [0.2, 0.25) is 0 Å². The number of allylic oxidation sites excluding steroid dienone is 4. The fourth-order valence-electron chi connectivity index (χ4n) is 2.78. The molecule has 0 aromatic carbocycles. The van der Waals surface area contributed by atoms with E-state index >= 15 is 0 Å². The van der Waals surface area contributed by atoms with E-state index in [0.717, 1.165) is 6.04 Å². The van der Waals surface area contributed by atoms with Gasteiger partial charge in [0.1, 0.15) is 0 Å². The number of hydrogen-bond acceptors (Lipinski definition) is 0. The molecule has 0 amide bonds. The van der Waals surface area contributed by atoms with Crippen LogP contribution in [0.2, 0.25) is 19.1 Å². The second-order valence-corrected chi connectivity index (χ2v) is 13.6. The Morgan fingerprint density at radius 1 is 1.10 bits per heavy atom. The molecule has 0 saturated heterocycles. The molecular formula is C16H23Cl2NSiTi-. The molecule has 0 aromatic rings. The van der Waals surface area contributed by atoms with Crippen LogP contribution in [0.1, 0.15) is 20.8 Å². The minimum atomic E-state index is -1.54. The first-order chi connectivity index (χ1) is 9.68. The summed E-state index contributed by atoms with van der Waals surface area (Å²) in [5.41, 5.74) is 0.0815. The molecule has 0 heterocycles. The van der Waals surface area contributed by atoms with E-state index in [-0.39, 0.29) is 5.54 Å². The molecule has 5 radical (unpaired) electrons. The average molecular weight is 376 g/mol. The summed E-state index contributed by atoms with van der Waals surface area (Å²) in [5.74, 6) is 4.23. The topological polar surface area (TPSA) is 14.1 Å². The quantitative estimate of drug-likeness (QED) is 0.536. The molecule has 0 bridgehead atoms. The van der Waals surface area contributed by atoms with Gasteiger partial charge >= 0.3 is 35.6 Å². The minimum absolute atomic E-state index is 0.0815. The van der Waals surface area contributed by atoms with Crippen LogP contribution in [0.25, 0.3) is 4.98 Å². The molecule has 0 atom stereocenters. The summed E-state index contributed by atoms with van der Waals surface area (Å²) in [7, 11) is 8.24. The van der Waals surface area contributed by atoms with Crippen molar-refractivity contribution in [3.8, 4) is 0 Å². The summed E-state index contributed by atoms with van der Waals surface area (Å²) >= 11 is -0.556. The third kappa shape index (κ3) is 7.37. The molecular weight excluding hydrogens is 353 g/mol. The number of halogens is 2. The van der Waals surface area contributed by atoms with Crippen LogP contribution >= 0.6 is 18.6 Å². The van der Waals surface area contributed by atoms with Gasteiger partial charge in [0.05, 0.1) is 0 Å². The Labute approximate surface area is 148 Å². The van der Waals surface area contributed by atoms with Crippen molar-refractivity contribution in [3.05, 3.63) is 59.9 Å². The van der Waals surface area contributed by atoms with Crippen LogP contribution < -0.4 is 0 Å². The zero-order valence-electron chi connectivity index (χ0n) is 13.4. The van der Waals surface area contributed by atoms with Crippen LogP contribution in [-0.4, -0.2) is 13.8 Å². The van der Waals surface area contributed by atoms with Crippen LogP contribution in [0.5, 0.6) is 0 Å². The Morgan fingerprint density at radius 2 is 1.67 bits per heavy atom. The molecule has 0 aliphatic heterocycles. The Kier molecular flexibility index (Phi) is 8.29. The molecule has 21 heavy (non-hydrogen) atoms. The first kappa shape index (κ1) is 20.0. The molecule has 2 aliphatic rings. The summed E-state index contributed by atoms with van der Waals surface area (Å²) in [6, 6.07) is 1.14. The van der Waals surface area contributed by atoms with E-state index in [2.05, 4.69) is 71.0 Å². The predicted molar refractivity (Wildman–Crippen MR) is 93.7 cm³/mol. The normalized spacial score (nSPS) is 20.1. The Morgan fingerprint density at radius 3 is 2.24 bits per heavy atom. The van der Waals surface area contributed by atoms with E-state index in [0.29, 0.717) is 0 Å². The van der Waals surface area contributed by atoms with Crippen molar-refractivity contribution in [1.82, 2.24) is 0 Å². The zero-order valence-corrected chi connectivity index (χ0v) is 17.4. The summed E-state index contributed by atoms with van der Waals surface area (Å²) in [5, 5.41) is 0. The molecule has 0 N–H and O–H groups in total. The van der Waals surface area contributed by atoms with E-state index < -0.39 is 25.3 Å². The molecule has 1 nitrogen and oxygen atoms in total. The fourth-order valence-corrected chi connectivity index (χ4v) is 5.92. The molecule has 1 fully saturated rings. The van der Waals surface area contributed by atoms with Gasteiger partial charge < -0.3 is 4.98 Å². The SMILES string of the molecule is CC(C)(C)[N-][Si](C)(C)C[C]1[CH][CH][C]2C=CC=C[C]21.[Cl][Ti][Cl]. The number of fused-ring (bicyclic) bond motifs is 1. The molecule has 5 heteroatoms. The van der Waals surface area contributed by atoms with E-state index in [9.17, 15) is 0 Å². The van der Waals surface area contributed by atoms with Crippen molar-refractivity contribution in [3.63, 3.8) is 0 Å². The zero-order chi connectivity index (χ0) is 16.1. The summed E-state index contributed by atoms with van der Waals surface area (Å²) in [6.45, 7) is 11.3. The molecule has 2 rings (SSSR count). The van der Waals surface area contributed by atoms with Gasteiger partial charge in [0, 0.05) is 11.8 Å². The van der Waals surface area contributed by atoms with Gasteiger partial charge in [0.25, 0.3) is 0 Å². The number of nitrogens with zero attached hydrogens (tertiary/aromatic N) is 1. The van der Waals surface area contributed by atoms with Gasteiger partial charge in [-0.1, -0.05) is 72.4 Å². The second-order valence-electron chi connectivity index (χ2n) is 6.79. The van der Waals surface area contributed by atoms with Gasteiger partial charge in [-0.3, -0.25) is 0 Å². The predicted octanol–water partition coefficient (Wildman–Crippen LogP) is 6.01. The van der Waals surface area contributed by atoms with Crippen LogP contribution in [-0.2, 0) is 17.0 Å². The van der Waals surface area contributed by atoms with Gasteiger partial charge in [-0.25, -0.2) is 0 Å². The van der Waals surface area contributed by atoms with Crippen molar-refractivity contribution in [2.75, 3.05) is 0 Å². The van der Waals surface area contributed by atoms with Crippen molar-refractivity contribution in [2.24, 2.45) is 0 Å². The van der Waals surface area contributed by atoms with Gasteiger partial charge in [-0.05, 0) is 18.8 Å². The number of rotatable bonds is 3. The van der Waals surface area contributed by atoms with Crippen molar-refractivity contribution in [1.29, 1.82) is 0 Å². The summed E-state index contributed by atoms with van der Waals surface area (Å²) in [6.07, 6.45) is 13.2. The van der Waals surface area contributed by atoms with Crippen LogP contribution in [0.4, 0.5) is 0 Å². The second kappa shape index (κ2) is 8.71. The monoisotopic (exact) mass is 375 g/mol. The molecule has 1 saturated carbocycles. The molecule has 115 valence electrons. The first-order valence-corrected chi connectivity index (χ1v) is 14.5. The molecule has 0 unspecified atom stereocenters. The Hall–Kier alpha value is 0.951. The fraction of sp³-hybridized carbons (Fsp3) is 0.438. The molecule has 0 aromatic heterocycles. The summed E-state index contributed by atoms with van der Waals surface area (Å²) in [4.78, 5) is 5.06. The van der Waals surface area contributed by atoms with E-state index in [1.807, 2.05) is 0 Å².